The van der Waals surface area contributed by atoms with E-state index in [1.807, 2.05) is 11.3 Å². The fourth-order valence-electron chi connectivity index (χ4n) is 9.08. The first-order valence-electron chi connectivity index (χ1n) is 20.1. The Hall–Kier alpha value is -7.46. The molecule has 2 aromatic heterocycles. The van der Waals surface area contributed by atoms with Crippen LogP contribution in [0.15, 0.2) is 217 Å². The second-order valence-corrected chi connectivity index (χ2v) is 16.3. The second-order valence-electron chi connectivity index (χ2n) is 15.2. The minimum atomic E-state index is 0.865. The molecule has 0 fully saturated rings. The fourth-order valence-corrected chi connectivity index (χ4v) is 10.2. The van der Waals surface area contributed by atoms with Gasteiger partial charge in [-0.2, -0.15) is 0 Å². The third-order valence-corrected chi connectivity index (χ3v) is 13.0. The first-order chi connectivity index (χ1) is 29.2. The van der Waals surface area contributed by atoms with Gasteiger partial charge in [0, 0.05) is 42.2 Å². The number of hydrogen-bond acceptors (Lipinski definition) is 3. The van der Waals surface area contributed by atoms with E-state index in [-0.39, 0.29) is 0 Å². The number of thiophene rings is 1. The standard InChI is InChI=1S/C56H35NOS/c1-3-17-43-37(12-1)14-10-21-44(43)40-16-9-15-39(34-40)36-26-30-42(31-27-36)57(51-23-11-24-52-55(51)48-32-28-38-13-2-4-19-46(38)56(48)58-52)50-22-7-5-18-45(50)41-29-33-54-49(35-41)47-20-6-8-25-53(47)59-54/h1-35H. The van der Waals surface area contributed by atoms with Crippen LogP contribution in [-0.4, -0.2) is 0 Å². The van der Waals surface area contributed by atoms with Gasteiger partial charge in [0.05, 0.1) is 16.8 Å². The van der Waals surface area contributed by atoms with Crippen molar-refractivity contribution in [3.8, 4) is 33.4 Å². The van der Waals surface area contributed by atoms with Crippen molar-refractivity contribution in [2.45, 2.75) is 0 Å². The molecular formula is C56H35NOS. The third-order valence-electron chi connectivity index (χ3n) is 11.9. The van der Waals surface area contributed by atoms with Crippen LogP contribution in [0.1, 0.15) is 0 Å². The second kappa shape index (κ2) is 13.6. The number of anilines is 3. The Morgan fingerprint density at radius 3 is 1.88 bits per heavy atom. The lowest BCUT2D eigenvalue weighted by Crippen LogP contribution is -2.11. The molecule has 2 nitrogen and oxygen atoms in total. The Labute approximate surface area is 345 Å². The van der Waals surface area contributed by atoms with Gasteiger partial charge in [-0.15, -0.1) is 11.3 Å². The van der Waals surface area contributed by atoms with Gasteiger partial charge in [-0.25, -0.2) is 0 Å². The molecule has 0 bridgehead atoms. The quantitative estimate of drug-likeness (QED) is 0.167. The van der Waals surface area contributed by atoms with Gasteiger partial charge in [-0.3, -0.25) is 0 Å². The predicted octanol–water partition coefficient (Wildman–Crippen LogP) is 16.7. The molecule has 12 aromatic rings. The summed E-state index contributed by atoms with van der Waals surface area (Å²) in [5.74, 6) is 0. The molecule has 3 heteroatoms. The SMILES string of the molecule is c1cc(-c2ccc(N(c3ccccc3-c3ccc4sc5ccccc5c4c3)c3cccc4oc5c6ccccc6ccc5c34)cc2)cc(-c2cccc3ccccc23)c1. The summed E-state index contributed by atoms with van der Waals surface area (Å²) >= 11 is 1.85. The van der Waals surface area contributed by atoms with Crippen LogP contribution in [0.25, 0.3) is 97.0 Å². The molecule has 0 radical (unpaired) electrons. The number of furan rings is 1. The van der Waals surface area contributed by atoms with Crippen LogP contribution in [0, 0.1) is 0 Å². The summed E-state index contributed by atoms with van der Waals surface area (Å²) < 4.78 is 9.36. The van der Waals surface area contributed by atoms with Crippen molar-refractivity contribution in [3.63, 3.8) is 0 Å². The first kappa shape index (κ1) is 33.7. The van der Waals surface area contributed by atoms with E-state index in [0.717, 1.165) is 55.5 Å². The van der Waals surface area contributed by atoms with Gasteiger partial charge >= 0.3 is 0 Å². The smallest absolute Gasteiger partial charge is 0.143 e. The summed E-state index contributed by atoms with van der Waals surface area (Å²) in [5, 5.41) is 9.57. The molecule has 12 rings (SSSR count). The molecule has 0 aliphatic rings. The topological polar surface area (TPSA) is 16.4 Å². The molecule has 0 aliphatic heterocycles. The first-order valence-corrected chi connectivity index (χ1v) is 20.9. The van der Waals surface area contributed by atoms with Crippen molar-refractivity contribution in [2.24, 2.45) is 0 Å². The molecule has 2 heterocycles. The van der Waals surface area contributed by atoms with E-state index in [4.69, 9.17) is 4.42 Å². The Morgan fingerprint density at radius 2 is 0.983 bits per heavy atom. The highest BCUT2D eigenvalue weighted by Crippen LogP contribution is 2.48. The molecule has 0 unspecified atom stereocenters. The molecule has 0 amide bonds. The van der Waals surface area contributed by atoms with Gasteiger partial charge < -0.3 is 9.32 Å². The van der Waals surface area contributed by atoms with Gasteiger partial charge in [-0.1, -0.05) is 152 Å². The average molecular weight is 770 g/mol. The maximum atomic E-state index is 6.75. The summed E-state index contributed by atoms with van der Waals surface area (Å²) in [6.45, 7) is 0. The zero-order valence-electron chi connectivity index (χ0n) is 32.0. The van der Waals surface area contributed by atoms with E-state index in [1.54, 1.807) is 0 Å². The fraction of sp³-hybridized carbons (Fsp3) is 0. The molecule has 0 spiro atoms. The Bertz CT molecular complexity index is 3570. The highest BCUT2D eigenvalue weighted by Gasteiger charge is 2.23. The van der Waals surface area contributed by atoms with E-state index >= 15 is 0 Å². The predicted molar refractivity (Wildman–Crippen MR) is 253 cm³/mol. The van der Waals surface area contributed by atoms with E-state index in [2.05, 4.69) is 217 Å². The lowest BCUT2D eigenvalue weighted by molar-refractivity contribution is 0.672. The van der Waals surface area contributed by atoms with E-state index in [9.17, 15) is 0 Å². The Balaban J connectivity index is 1.04. The lowest BCUT2D eigenvalue weighted by atomic mass is 9.95. The minimum absolute atomic E-state index is 0.865. The number of nitrogens with zero attached hydrogens (tertiary/aromatic N) is 1. The summed E-state index contributed by atoms with van der Waals surface area (Å²) in [6.07, 6.45) is 0. The molecule has 0 saturated heterocycles. The molecule has 59 heavy (non-hydrogen) atoms. The highest BCUT2D eigenvalue weighted by molar-refractivity contribution is 7.25. The van der Waals surface area contributed by atoms with Crippen LogP contribution in [0.5, 0.6) is 0 Å². The van der Waals surface area contributed by atoms with Gasteiger partial charge in [0.1, 0.15) is 11.2 Å². The maximum Gasteiger partial charge on any atom is 0.143 e. The molecule has 10 aromatic carbocycles. The van der Waals surface area contributed by atoms with Crippen molar-refractivity contribution in [1.82, 2.24) is 0 Å². The third kappa shape index (κ3) is 5.55. The van der Waals surface area contributed by atoms with Crippen LogP contribution in [-0.2, 0) is 0 Å². The molecule has 0 saturated carbocycles. The monoisotopic (exact) mass is 769 g/mol. The zero-order valence-corrected chi connectivity index (χ0v) is 32.8. The zero-order chi connectivity index (χ0) is 38.9. The number of rotatable bonds is 6. The van der Waals surface area contributed by atoms with E-state index < -0.39 is 0 Å². The van der Waals surface area contributed by atoms with Crippen molar-refractivity contribution in [2.75, 3.05) is 4.90 Å². The number of hydrogen-bond donors (Lipinski definition) is 0. The maximum absolute atomic E-state index is 6.75. The van der Waals surface area contributed by atoms with Crippen LogP contribution >= 0.6 is 11.3 Å². The summed E-state index contributed by atoms with van der Waals surface area (Å²) in [5.41, 5.74) is 12.1. The van der Waals surface area contributed by atoms with E-state index in [1.165, 1.54) is 58.6 Å². The Kier molecular flexibility index (Phi) is 7.75. The minimum Gasteiger partial charge on any atom is -0.455 e. The van der Waals surface area contributed by atoms with Crippen molar-refractivity contribution >= 4 is 92.1 Å². The average Bonchev–Trinajstić information content (AvgIpc) is 3.88. The Morgan fingerprint density at radius 1 is 0.356 bits per heavy atom. The molecule has 0 N–H and O–H groups in total. The van der Waals surface area contributed by atoms with Gasteiger partial charge in [-0.05, 0) is 105 Å². The molecule has 276 valence electrons. The summed E-state index contributed by atoms with van der Waals surface area (Å²) in [7, 11) is 0. The van der Waals surface area contributed by atoms with Crippen LogP contribution in [0.3, 0.4) is 0 Å². The summed E-state index contributed by atoms with van der Waals surface area (Å²) in [4.78, 5) is 2.42. The number of benzene rings is 10. The van der Waals surface area contributed by atoms with Crippen LogP contribution in [0.4, 0.5) is 17.1 Å². The van der Waals surface area contributed by atoms with Crippen LogP contribution < -0.4 is 4.90 Å². The van der Waals surface area contributed by atoms with Crippen molar-refractivity contribution in [3.05, 3.63) is 212 Å². The summed E-state index contributed by atoms with van der Waals surface area (Å²) in [6, 6.07) is 77.0. The lowest BCUT2D eigenvalue weighted by Gasteiger charge is -2.28. The molecule has 0 atom stereocenters. The largest absolute Gasteiger partial charge is 0.455 e. The number of para-hydroxylation sites is 1. The van der Waals surface area contributed by atoms with Crippen molar-refractivity contribution < 1.29 is 4.42 Å². The van der Waals surface area contributed by atoms with Gasteiger partial charge in [0.15, 0.2) is 0 Å². The van der Waals surface area contributed by atoms with E-state index in [0.29, 0.717) is 0 Å². The van der Waals surface area contributed by atoms with Crippen LogP contribution in [0.2, 0.25) is 0 Å². The molecule has 0 aliphatic carbocycles. The molecular weight excluding hydrogens is 735 g/mol. The highest BCUT2D eigenvalue weighted by atomic mass is 32.1. The van der Waals surface area contributed by atoms with Crippen molar-refractivity contribution in [1.29, 1.82) is 0 Å². The van der Waals surface area contributed by atoms with Gasteiger partial charge in [0.2, 0.25) is 0 Å². The number of fused-ring (bicyclic) bond motifs is 9. The van der Waals surface area contributed by atoms with Gasteiger partial charge in [0.25, 0.3) is 0 Å². The normalized spacial score (nSPS) is 11.7.